The standard InChI is InChI=1S/C13H23NO/c1-11-6-5-9-14(10-11)13(15)12-7-3-2-4-8-12/h11-12H,2-10H2,1H3/t11-/m0/s1. The van der Waals surface area contributed by atoms with Crippen LogP contribution in [0.4, 0.5) is 0 Å². The molecule has 2 nitrogen and oxygen atoms in total. The van der Waals surface area contributed by atoms with E-state index in [0.717, 1.165) is 25.9 Å². The van der Waals surface area contributed by atoms with Gasteiger partial charge in [0.05, 0.1) is 0 Å². The highest BCUT2D eigenvalue weighted by Gasteiger charge is 2.28. The Morgan fingerprint density at radius 3 is 2.47 bits per heavy atom. The van der Waals surface area contributed by atoms with Crippen molar-refractivity contribution >= 4 is 5.91 Å². The molecule has 1 saturated carbocycles. The Kier molecular flexibility index (Phi) is 3.66. The van der Waals surface area contributed by atoms with Gasteiger partial charge in [-0.2, -0.15) is 0 Å². The van der Waals surface area contributed by atoms with Gasteiger partial charge in [-0.25, -0.2) is 0 Å². The molecule has 2 rings (SSSR count). The van der Waals surface area contributed by atoms with Crippen molar-refractivity contribution in [1.82, 2.24) is 4.90 Å². The number of nitrogens with zero attached hydrogens (tertiary/aromatic N) is 1. The minimum absolute atomic E-state index is 0.365. The van der Waals surface area contributed by atoms with Crippen LogP contribution in [0.1, 0.15) is 51.9 Å². The molecule has 86 valence electrons. The molecule has 0 spiro atoms. The second kappa shape index (κ2) is 5.00. The van der Waals surface area contributed by atoms with E-state index in [1.165, 1.54) is 32.1 Å². The SMILES string of the molecule is C[C@H]1CCCN(C(=O)C2CCCCC2)C1. The van der Waals surface area contributed by atoms with E-state index in [2.05, 4.69) is 11.8 Å². The number of hydrogen-bond donors (Lipinski definition) is 0. The molecule has 0 aromatic rings. The summed E-state index contributed by atoms with van der Waals surface area (Å²) in [5, 5.41) is 0. The van der Waals surface area contributed by atoms with Gasteiger partial charge in [-0.3, -0.25) is 4.79 Å². The van der Waals surface area contributed by atoms with Crippen molar-refractivity contribution in [1.29, 1.82) is 0 Å². The molecule has 2 fully saturated rings. The largest absolute Gasteiger partial charge is 0.342 e. The third kappa shape index (κ3) is 2.73. The van der Waals surface area contributed by atoms with Gasteiger partial charge in [0.15, 0.2) is 0 Å². The first kappa shape index (κ1) is 11.0. The van der Waals surface area contributed by atoms with E-state index in [1.807, 2.05) is 0 Å². The minimum Gasteiger partial charge on any atom is -0.342 e. The van der Waals surface area contributed by atoms with Crippen LogP contribution in [0.3, 0.4) is 0 Å². The van der Waals surface area contributed by atoms with Gasteiger partial charge in [-0.15, -0.1) is 0 Å². The maximum Gasteiger partial charge on any atom is 0.225 e. The molecule has 0 aromatic carbocycles. The number of carbonyl (C=O) groups is 1. The number of rotatable bonds is 1. The zero-order valence-electron chi connectivity index (χ0n) is 9.87. The molecular weight excluding hydrogens is 186 g/mol. The van der Waals surface area contributed by atoms with Gasteiger partial charge >= 0.3 is 0 Å². The lowest BCUT2D eigenvalue weighted by Crippen LogP contribution is -2.42. The van der Waals surface area contributed by atoms with Crippen molar-refractivity contribution in [3.05, 3.63) is 0 Å². The quantitative estimate of drug-likeness (QED) is 0.650. The van der Waals surface area contributed by atoms with Crippen molar-refractivity contribution in [2.75, 3.05) is 13.1 Å². The van der Waals surface area contributed by atoms with E-state index in [0.29, 0.717) is 17.7 Å². The van der Waals surface area contributed by atoms with Crippen molar-refractivity contribution in [2.24, 2.45) is 11.8 Å². The van der Waals surface area contributed by atoms with Crippen molar-refractivity contribution in [3.63, 3.8) is 0 Å². The Balaban J connectivity index is 1.88. The van der Waals surface area contributed by atoms with E-state index in [4.69, 9.17) is 0 Å². The Labute approximate surface area is 93.0 Å². The average Bonchev–Trinajstić information content (AvgIpc) is 2.29. The number of carbonyl (C=O) groups excluding carboxylic acids is 1. The summed E-state index contributed by atoms with van der Waals surface area (Å²) in [7, 11) is 0. The van der Waals surface area contributed by atoms with Crippen molar-refractivity contribution in [3.8, 4) is 0 Å². The molecule has 2 aliphatic rings. The molecule has 15 heavy (non-hydrogen) atoms. The summed E-state index contributed by atoms with van der Waals surface area (Å²) in [4.78, 5) is 14.4. The second-order valence-corrected chi connectivity index (χ2v) is 5.37. The van der Waals surface area contributed by atoms with Gasteiger partial charge in [0.2, 0.25) is 5.91 Å². The van der Waals surface area contributed by atoms with Crippen LogP contribution >= 0.6 is 0 Å². The summed E-state index contributed by atoms with van der Waals surface area (Å²) < 4.78 is 0. The van der Waals surface area contributed by atoms with Crippen LogP contribution in [-0.2, 0) is 4.79 Å². The minimum atomic E-state index is 0.365. The zero-order valence-corrected chi connectivity index (χ0v) is 9.87. The van der Waals surface area contributed by atoms with Crippen LogP contribution in [0.25, 0.3) is 0 Å². The second-order valence-electron chi connectivity index (χ2n) is 5.37. The van der Waals surface area contributed by atoms with Crippen LogP contribution in [-0.4, -0.2) is 23.9 Å². The monoisotopic (exact) mass is 209 g/mol. The summed E-state index contributed by atoms with van der Waals surface area (Å²) in [5.41, 5.74) is 0. The van der Waals surface area contributed by atoms with E-state index in [9.17, 15) is 4.79 Å². The average molecular weight is 209 g/mol. The molecular formula is C13H23NO. The topological polar surface area (TPSA) is 20.3 Å². The molecule has 1 aliphatic carbocycles. The lowest BCUT2D eigenvalue weighted by Gasteiger charge is -2.34. The first-order valence-corrected chi connectivity index (χ1v) is 6.56. The first-order valence-electron chi connectivity index (χ1n) is 6.56. The number of likely N-dealkylation sites (tertiary alicyclic amines) is 1. The molecule has 1 amide bonds. The highest BCUT2D eigenvalue weighted by atomic mass is 16.2. The molecule has 1 saturated heterocycles. The summed E-state index contributed by atoms with van der Waals surface area (Å²) in [6, 6.07) is 0. The maximum absolute atomic E-state index is 12.2. The lowest BCUT2D eigenvalue weighted by molar-refractivity contribution is -0.138. The molecule has 1 heterocycles. The van der Waals surface area contributed by atoms with Gasteiger partial charge in [0.25, 0.3) is 0 Å². The fourth-order valence-electron chi connectivity index (χ4n) is 3.00. The Bertz CT molecular complexity index is 221. The van der Waals surface area contributed by atoms with Crippen LogP contribution in [0.15, 0.2) is 0 Å². The van der Waals surface area contributed by atoms with Gasteiger partial charge in [-0.1, -0.05) is 26.2 Å². The molecule has 0 bridgehead atoms. The number of piperidine rings is 1. The van der Waals surface area contributed by atoms with Gasteiger partial charge in [-0.05, 0) is 31.6 Å². The van der Waals surface area contributed by atoms with Crippen LogP contribution in [0.2, 0.25) is 0 Å². The fourth-order valence-corrected chi connectivity index (χ4v) is 3.00. The van der Waals surface area contributed by atoms with Gasteiger partial charge < -0.3 is 4.90 Å². The van der Waals surface area contributed by atoms with E-state index < -0.39 is 0 Å². The molecule has 0 aromatic heterocycles. The fraction of sp³-hybridized carbons (Fsp3) is 0.923. The Morgan fingerprint density at radius 1 is 1.07 bits per heavy atom. The Morgan fingerprint density at radius 2 is 1.80 bits per heavy atom. The van der Waals surface area contributed by atoms with Gasteiger partial charge in [0, 0.05) is 19.0 Å². The molecule has 2 heteroatoms. The van der Waals surface area contributed by atoms with E-state index in [-0.39, 0.29) is 0 Å². The van der Waals surface area contributed by atoms with Crippen LogP contribution in [0.5, 0.6) is 0 Å². The third-order valence-corrected chi connectivity index (χ3v) is 3.92. The summed E-state index contributed by atoms with van der Waals surface area (Å²) >= 11 is 0. The van der Waals surface area contributed by atoms with Crippen LogP contribution in [0, 0.1) is 11.8 Å². The molecule has 0 N–H and O–H groups in total. The maximum atomic E-state index is 12.2. The first-order chi connectivity index (χ1) is 7.27. The van der Waals surface area contributed by atoms with E-state index in [1.54, 1.807) is 0 Å². The highest BCUT2D eigenvalue weighted by molar-refractivity contribution is 5.79. The summed E-state index contributed by atoms with van der Waals surface area (Å²) in [6.07, 6.45) is 8.65. The van der Waals surface area contributed by atoms with Crippen molar-refractivity contribution in [2.45, 2.75) is 51.9 Å². The predicted octanol–water partition coefficient (Wildman–Crippen LogP) is 2.83. The number of amides is 1. The number of hydrogen-bond acceptors (Lipinski definition) is 1. The highest BCUT2D eigenvalue weighted by Crippen LogP contribution is 2.27. The zero-order chi connectivity index (χ0) is 10.7. The Hall–Kier alpha value is -0.530. The van der Waals surface area contributed by atoms with Gasteiger partial charge in [0.1, 0.15) is 0 Å². The lowest BCUT2D eigenvalue weighted by atomic mass is 9.87. The van der Waals surface area contributed by atoms with E-state index >= 15 is 0 Å². The normalized spacial score (nSPS) is 29.1. The van der Waals surface area contributed by atoms with Crippen LogP contribution < -0.4 is 0 Å². The molecule has 1 aliphatic heterocycles. The summed E-state index contributed by atoms with van der Waals surface area (Å²) in [6.45, 7) is 4.29. The molecule has 0 radical (unpaired) electrons. The smallest absolute Gasteiger partial charge is 0.225 e. The molecule has 0 unspecified atom stereocenters. The summed E-state index contributed by atoms with van der Waals surface area (Å²) in [5.74, 6) is 1.54. The third-order valence-electron chi connectivity index (χ3n) is 3.92. The predicted molar refractivity (Wildman–Crippen MR) is 61.6 cm³/mol. The molecule has 1 atom stereocenters. The van der Waals surface area contributed by atoms with Crippen molar-refractivity contribution < 1.29 is 4.79 Å².